The van der Waals surface area contributed by atoms with Crippen molar-refractivity contribution in [3.8, 4) is 11.1 Å². The maximum atomic E-state index is 12.7. The highest BCUT2D eigenvalue weighted by atomic mass is 16.5. The third-order valence-electron chi connectivity index (χ3n) is 5.47. The predicted octanol–water partition coefficient (Wildman–Crippen LogP) is 3.35. The van der Waals surface area contributed by atoms with Gasteiger partial charge in [0.2, 0.25) is 0 Å². The Hall–Kier alpha value is -2.60. The molecule has 0 saturated heterocycles. The number of nitrogens with zero attached hydrogens (tertiary/aromatic N) is 4. The largest absolute Gasteiger partial charge is 0.381 e. The molecule has 0 spiro atoms. The third-order valence-corrected chi connectivity index (χ3v) is 5.47. The summed E-state index contributed by atoms with van der Waals surface area (Å²) >= 11 is 0. The highest BCUT2D eigenvalue weighted by Crippen LogP contribution is 2.27. The number of ketones is 1. The summed E-state index contributed by atoms with van der Waals surface area (Å²) in [5, 5.41) is 5.20. The van der Waals surface area contributed by atoms with E-state index in [0.29, 0.717) is 18.3 Å². The monoisotopic (exact) mass is 364 g/mol. The van der Waals surface area contributed by atoms with E-state index in [4.69, 9.17) is 4.74 Å². The van der Waals surface area contributed by atoms with Crippen molar-refractivity contribution in [1.82, 2.24) is 19.7 Å². The fraction of sp³-hybridized carbons (Fsp3) is 0.429. The van der Waals surface area contributed by atoms with Crippen LogP contribution in [0.2, 0.25) is 0 Å². The molecule has 0 atom stereocenters. The lowest BCUT2D eigenvalue weighted by atomic mass is 9.83. The topological polar surface area (TPSA) is 69.9 Å². The van der Waals surface area contributed by atoms with E-state index in [1.54, 1.807) is 18.0 Å². The van der Waals surface area contributed by atoms with Crippen LogP contribution in [0.1, 0.15) is 31.5 Å². The molecule has 0 bridgehead atoms. The number of hydrogen-bond acceptors (Lipinski definition) is 5. The average molecular weight is 364 g/mol. The van der Waals surface area contributed by atoms with Gasteiger partial charge < -0.3 is 4.74 Å². The summed E-state index contributed by atoms with van der Waals surface area (Å²) in [5.74, 6) is 0.953. The SMILES string of the molecule is COC1CCC(C(=O)Cc2ncc3ccc(-c4cnn(C)c4)cc3n2)CC1. The molecule has 2 aromatic heterocycles. The lowest BCUT2D eigenvalue weighted by Gasteiger charge is -2.26. The number of methoxy groups -OCH3 is 1. The first-order valence-corrected chi connectivity index (χ1v) is 9.42. The van der Waals surface area contributed by atoms with E-state index in [1.165, 1.54) is 0 Å². The quantitative estimate of drug-likeness (QED) is 0.694. The number of benzene rings is 1. The number of carbonyl (C=O) groups is 1. The molecule has 6 nitrogen and oxygen atoms in total. The summed E-state index contributed by atoms with van der Waals surface area (Å²) in [4.78, 5) is 21.7. The van der Waals surface area contributed by atoms with Gasteiger partial charge in [-0.1, -0.05) is 12.1 Å². The molecule has 6 heteroatoms. The van der Waals surface area contributed by atoms with Crippen molar-refractivity contribution in [3.05, 3.63) is 42.6 Å². The molecule has 1 fully saturated rings. The van der Waals surface area contributed by atoms with E-state index >= 15 is 0 Å². The second-order valence-corrected chi connectivity index (χ2v) is 7.31. The van der Waals surface area contributed by atoms with E-state index in [0.717, 1.165) is 47.7 Å². The van der Waals surface area contributed by atoms with Crippen LogP contribution in [0, 0.1) is 5.92 Å². The zero-order valence-electron chi connectivity index (χ0n) is 15.8. The van der Waals surface area contributed by atoms with Crippen molar-refractivity contribution >= 4 is 16.7 Å². The molecule has 0 radical (unpaired) electrons. The first-order valence-electron chi connectivity index (χ1n) is 9.42. The Balaban J connectivity index is 1.51. The van der Waals surface area contributed by atoms with Crippen LogP contribution in [0.15, 0.2) is 36.8 Å². The second kappa shape index (κ2) is 7.56. The molecule has 3 aromatic rings. The standard InChI is InChI=1S/C21H24N4O2/c1-25-13-17(12-23-25)15-3-4-16-11-22-21(24-19(16)9-15)10-20(26)14-5-7-18(27-2)8-6-14/h3-4,9,11-14,18H,5-8,10H2,1-2H3. The first kappa shape index (κ1) is 17.8. The molecule has 27 heavy (non-hydrogen) atoms. The number of aromatic nitrogens is 4. The summed E-state index contributed by atoms with van der Waals surface area (Å²) in [7, 11) is 3.64. The number of fused-ring (bicyclic) bond motifs is 1. The van der Waals surface area contributed by atoms with E-state index < -0.39 is 0 Å². The number of hydrogen-bond donors (Lipinski definition) is 0. The highest BCUT2D eigenvalue weighted by Gasteiger charge is 2.26. The van der Waals surface area contributed by atoms with E-state index in [1.807, 2.05) is 37.6 Å². The minimum absolute atomic E-state index is 0.109. The van der Waals surface area contributed by atoms with Crippen LogP contribution in [0.5, 0.6) is 0 Å². The molecule has 4 rings (SSSR count). The lowest BCUT2D eigenvalue weighted by molar-refractivity contribution is -0.124. The Labute approximate surface area is 158 Å². The Morgan fingerprint density at radius 3 is 2.70 bits per heavy atom. The van der Waals surface area contributed by atoms with E-state index in [-0.39, 0.29) is 11.7 Å². The van der Waals surface area contributed by atoms with Gasteiger partial charge in [0.15, 0.2) is 0 Å². The van der Waals surface area contributed by atoms with Crippen molar-refractivity contribution in [2.45, 2.75) is 38.2 Å². The Morgan fingerprint density at radius 2 is 2.00 bits per heavy atom. The van der Waals surface area contributed by atoms with Crippen molar-refractivity contribution in [2.24, 2.45) is 13.0 Å². The van der Waals surface area contributed by atoms with Crippen LogP contribution in [0.25, 0.3) is 22.0 Å². The molecule has 0 aliphatic heterocycles. The van der Waals surface area contributed by atoms with Crippen LogP contribution < -0.4 is 0 Å². The van der Waals surface area contributed by atoms with Gasteiger partial charge in [0.1, 0.15) is 11.6 Å². The molecule has 2 heterocycles. The smallest absolute Gasteiger partial charge is 0.143 e. The van der Waals surface area contributed by atoms with Crippen LogP contribution in [-0.2, 0) is 23.0 Å². The minimum atomic E-state index is 0.109. The van der Waals surface area contributed by atoms with Gasteiger partial charge in [0.05, 0.1) is 24.2 Å². The first-order chi connectivity index (χ1) is 13.1. The molecular weight excluding hydrogens is 340 g/mol. The van der Waals surface area contributed by atoms with Crippen LogP contribution >= 0.6 is 0 Å². The number of Topliss-reactive ketones (excluding diaryl/α,β-unsaturated/α-hetero) is 1. The molecule has 1 aromatic carbocycles. The Morgan fingerprint density at radius 1 is 1.19 bits per heavy atom. The summed E-state index contributed by atoms with van der Waals surface area (Å²) in [6.07, 6.45) is 9.94. The van der Waals surface area contributed by atoms with E-state index in [2.05, 4.69) is 15.1 Å². The summed E-state index contributed by atoms with van der Waals surface area (Å²) < 4.78 is 7.17. The van der Waals surface area contributed by atoms with Crippen LogP contribution in [0.4, 0.5) is 0 Å². The third kappa shape index (κ3) is 3.90. The number of ether oxygens (including phenoxy) is 1. The van der Waals surface area contributed by atoms with Crippen molar-refractivity contribution < 1.29 is 9.53 Å². The molecule has 140 valence electrons. The average Bonchev–Trinajstić information content (AvgIpc) is 3.14. The lowest BCUT2D eigenvalue weighted by Crippen LogP contribution is -2.26. The van der Waals surface area contributed by atoms with Gasteiger partial charge in [0.25, 0.3) is 0 Å². The second-order valence-electron chi connectivity index (χ2n) is 7.31. The molecule has 0 N–H and O–H groups in total. The molecule has 0 unspecified atom stereocenters. The molecular formula is C21H24N4O2. The fourth-order valence-electron chi connectivity index (χ4n) is 3.82. The van der Waals surface area contributed by atoms with Gasteiger partial charge in [-0.2, -0.15) is 5.10 Å². The van der Waals surface area contributed by atoms with Crippen molar-refractivity contribution in [1.29, 1.82) is 0 Å². The molecule has 1 aliphatic rings. The summed E-state index contributed by atoms with van der Waals surface area (Å²) in [6.45, 7) is 0. The number of aryl methyl sites for hydroxylation is 1. The zero-order valence-corrected chi connectivity index (χ0v) is 15.8. The normalized spacial score (nSPS) is 20.1. The van der Waals surface area contributed by atoms with Crippen LogP contribution in [0.3, 0.4) is 0 Å². The van der Waals surface area contributed by atoms with Gasteiger partial charge in [0, 0.05) is 43.4 Å². The zero-order chi connectivity index (χ0) is 18.8. The van der Waals surface area contributed by atoms with Gasteiger partial charge in [-0.3, -0.25) is 9.48 Å². The summed E-state index contributed by atoms with van der Waals surface area (Å²) in [5.41, 5.74) is 2.97. The fourth-order valence-corrected chi connectivity index (χ4v) is 3.82. The highest BCUT2D eigenvalue weighted by molar-refractivity contribution is 5.85. The molecule has 0 amide bonds. The number of carbonyl (C=O) groups excluding carboxylic acids is 1. The summed E-state index contributed by atoms with van der Waals surface area (Å²) in [6, 6.07) is 6.09. The van der Waals surface area contributed by atoms with Gasteiger partial charge in [-0.25, -0.2) is 9.97 Å². The maximum absolute atomic E-state index is 12.7. The molecule has 1 saturated carbocycles. The van der Waals surface area contributed by atoms with Crippen molar-refractivity contribution in [3.63, 3.8) is 0 Å². The maximum Gasteiger partial charge on any atom is 0.143 e. The Bertz CT molecular complexity index is 958. The predicted molar refractivity (Wildman–Crippen MR) is 103 cm³/mol. The Kier molecular flexibility index (Phi) is 4.99. The van der Waals surface area contributed by atoms with E-state index in [9.17, 15) is 4.79 Å². The number of rotatable bonds is 5. The van der Waals surface area contributed by atoms with Gasteiger partial charge in [-0.15, -0.1) is 0 Å². The van der Waals surface area contributed by atoms with Crippen LogP contribution in [-0.4, -0.2) is 38.7 Å². The van der Waals surface area contributed by atoms with Crippen molar-refractivity contribution in [2.75, 3.05) is 7.11 Å². The minimum Gasteiger partial charge on any atom is -0.381 e. The van der Waals surface area contributed by atoms with Gasteiger partial charge >= 0.3 is 0 Å². The molecule has 1 aliphatic carbocycles. The van der Waals surface area contributed by atoms with Gasteiger partial charge in [-0.05, 0) is 37.3 Å².